The summed E-state index contributed by atoms with van der Waals surface area (Å²) in [5.41, 5.74) is 1.37. The van der Waals surface area contributed by atoms with Crippen LogP contribution in [0.15, 0.2) is 29.2 Å². The molecule has 0 saturated heterocycles. The van der Waals surface area contributed by atoms with Gasteiger partial charge in [-0.25, -0.2) is 17.9 Å². The van der Waals surface area contributed by atoms with Crippen LogP contribution in [0, 0.1) is 13.8 Å². The Bertz CT molecular complexity index is 1030. The van der Waals surface area contributed by atoms with Crippen molar-refractivity contribution in [3.8, 4) is 0 Å². The van der Waals surface area contributed by atoms with E-state index in [9.17, 15) is 31.2 Å². The summed E-state index contributed by atoms with van der Waals surface area (Å²) in [5, 5.41) is 2.51. The van der Waals surface area contributed by atoms with Crippen LogP contribution in [0.4, 0.5) is 18.9 Å². The third-order valence-electron chi connectivity index (χ3n) is 3.94. The highest BCUT2D eigenvalue weighted by atomic mass is 32.2. The lowest BCUT2D eigenvalue weighted by molar-refractivity contribution is -0.121. The quantitative estimate of drug-likeness (QED) is 0.605. The summed E-state index contributed by atoms with van der Waals surface area (Å²) in [4.78, 5) is 26.6. The van der Waals surface area contributed by atoms with Gasteiger partial charge in [-0.15, -0.1) is 0 Å². The number of H-pyrrole nitrogens is 1. The molecular weight excluding hydrogens is 415 g/mol. The number of halogens is 3. The van der Waals surface area contributed by atoms with Crippen LogP contribution in [0.3, 0.4) is 0 Å². The molecule has 0 aliphatic carbocycles. The molecule has 0 fully saturated rings. The number of hydrogen-bond donors (Lipinski definition) is 3. The Hall–Kier alpha value is -2.86. The number of anilines is 1. The van der Waals surface area contributed by atoms with E-state index in [0.29, 0.717) is 11.3 Å². The van der Waals surface area contributed by atoms with E-state index in [4.69, 9.17) is 0 Å². The first-order chi connectivity index (χ1) is 13.4. The second-order valence-corrected chi connectivity index (χ2v) is 7.80. The number of nitrogens with one attached hydrogen (secondary N) is 3. The third kappa shape index (κ3) is 5.35. The van der Waals surface area contributed by atoms with Crippen LogP contribution in [-0.4, -0.2) is 45.1 Å². The summed E-state index contributed by atoms with van der Waals surface area (Å²) in [7, 11) is -3.14. The molecule has 2 rings (SSSR count). The summed E-state index contributed by atoms with van der Waals surface area (Å²) < 4.78 is 66.4. The number of methoxy groups -OCH3 is 1. The molecule has 0 aliphatic rings. The van der Waals surface area contributed by atoms with Gasteiger partial charge < -0.3 is 15.0 Å². The van der Waals surface area contributed by atoms with Crippen molar-refractivity contribution in [1.29, 1.82) is 0 Å². The first-order valence-electron chi connectivity index (χ1n) is 8.11. The number of benzene rings is 1. The summed E-state index contributed by atoms with van der Waals surface area (Å²) >= 11 is 0. The lowest BCUT2D eigenvalue weighted by Gasteiger charge is -2.10. The molecule has 29 heavy (non-hydrogen) atoms. The number of carbonyl (C=O) groups excluding carboxylic acids is 2. The average molecular weight is 433 g/mol. The third-order valence-corrected chi connectivity index (χ3v) is 5.36. The van der Waals surface area contributed by atoms with Crippen LogP contribution < -0.4 is 10.0 Å². The van der Waals surface area contributed by atoms with Gasteiger partial charge in [-0.2, -0.15) is 13.2 Å². The van der Waals surface area contributed by atoms with Crippen LogP contribution in [0.25, 0.3) is 0 Å². The number of rotatable bonds is 6. The molecule has 3 N–H and O–H groups in total. The van der Waals surface area contributed by atoms with Crippen molar-refractivity contribution >= 4 is 27.6 Å². The van der Waals surface area contributed by atoms with Gasteiger partial charge in [-0.3, -0.25) is 4.79 Å². The summed E-state index contributed by atoms with van der Waals surface area (Å²) in [5.74, 6) is -1.19. The zero-order valence-corrected chi connectivity index (χ0v) is 16.4. The van der Waals surface area contributed by atoms with Gasteiger partial charge >= 0.3 is 12.1 Å². The van der Waals surface area contributed by atoms with Crippen molar-refractivity contribution < 1.29 is 35.9 Å². The number of ether oxygens (including phenoxy) is 1. The molecule has 0 atom stereocenters. The second kappa shape index (κ2) is 8.25. The molecule has 0 radical (unpaired) electrons. The van der Waals surface area contributed by atoms with Gasteiger partial charge in [0.25, 0.3) is 5.91 Å². The molecule has 0 spiro atoms. The molecule has 1 aromatic carbocycles. The number of aromatic nitrogens is 1. The zero-order chi connectivity index (χ0) is 22.0. The maximum absolute atomic E-state index is 12.5. The van der Waals surface area contributed by atoms with Crippen LogP contribution in [0.1, 0.15) is 32.1 Å². The smallest absolute Gasteiger partial charge is 0.402 e. The number of hydrogen-bond acceptors (Lipinski definition) is 5. The number of aryl methyl sites for hydroxylation is 1. The zero-order valence-electron chi connectivity index (χ0n) is 15.6. The monoisotopic (exact) mass is 433 g/mol. The van der Waals surface area contributed by atoms with E-state index >= 15 is 0 Å². The second-order valence-electron chi connectivity index (χ2n) is 6.03. The predicted molar refractivity (Wildman–Crippen MR) is 97.2 cm³/mol. The fraction of sp³-hybridized carbons (Fsp3) is 0.294. The number of alkyl halides is 3. The SMILES string of the molecule is COC(=O)c1c(C)[nH]c(C(=O)Nc2ccc(S(=O)(=O)NCC(F)(F)F)cc2)c1C. The molecule has 1 aromatic heterocycles. The van der Waals surface area contributed by atoms with Crippen LogP contribution in [0.2, 0.25) is 0 Å². The highest BCUT2D eigenvalue weighted by molar-refractivity contribution is 7.89. The van der Waals surface area contributed by atoms with Gasteiger partial charge in [0.1, 0.15) is 12.2 Å². The van der Waals surface area contributed by atoms with Gasteiger partial charge in [-0.1, -0.05) is 0 Å². The van der Waals surface area contributed by atoms with E-state index in [1.165, 1.54) is 24.0 Å². The normalized spacial score (nSPS) is 11.9. The fourth-order valence-electron chi connectivity index (χ4n) is 2.56. The Kier molecular flexibility index (Phi) is 6.38. The van der Waals surface area contributed by atoms with Crippen molar-refractivity contribution in [3.63, 3.8) is 0 Å². The minimum Gasteiger partial charge on any atom is -0.465 e. The van der Waals surface area contributed by atoms with E-state index in [2.05, 4.69) is 15.0 Å². The van der Waals surface area contributed by atoms with Gasteiger partial charge in [-0.05, 0) is 43.7 Å². The van der Waals surface area contributed by atoms with Crippen LogP contribution in [0.5, 0.6) is 0 Å². The van der Waals surface area contributed by atoms with Crippen molar-refractivity contribution in [2.75, 3.05) is 19.0 Å². The van der Waals surface area contributed by atoms with Gasteiger partial charge in [0, 0.05) is 11.4 Å². The minimum atomic E-state index is -4.68. The average Bonchev–Trinajstić information content (AvgIpc) is 2.94. The van der Waals surface area contributed by atoms with Crippen LogP contribution in [-0.2, 0) is 14.8 Å². The molecule has 1 heterocycles. The topological polar surface area (TPSA) is 117 Å². The highest BCUT2D eigenvalue weighted by Crippen LogP contribution is 2.21. The molecule has 12 heteroatoms. The molecule has 1 amide bonds. The standard InChI is InChI=1S/C17H18F3N3O5S/c1-9-13(16(25)28-3)10(2)22-14(9)15(24)23-11-4-6-12(7-5-11)29(26,27)21-8-17(18,19)20/h4-7,21-22H,8H2,1-3H3,(H,23,24). The molecule has 0 unspecified atom stereocenters. The van der Waals surface area contributed by atoms with E-state index in [1.54, 1.807) is 13.8 Å². The first-order valence-corrected chi connectivity index (χ1v) is 9.59. The molecule has 2 aromatic rings. The molecule has 158 valence electrons. The van der Waals surface area contributed by atoms with Crippen LogP contribution >= 0.6 is 0 Å². The highest BCUT2D eigenvalue weighted by Gasteiger charge is 2.30. The number of amides is 1. The predicted octanol–water partition coefficient (Wildman–Crippen LogP) is 2.51. The van der Waals surface area contributed by atoms with Crippen molar-refractivity contribution in [2.24, 2.45) is 0 Å². The number of sulfonamides is 1. The van der Waals surface area contributed by atoms with Crippen molar-refractivity contribution in [2.45, 2.75) is 24.9 Å². The van der Waals surface area contributed by atoms with E-state index in [1.807, 2.05) is 0 Å². The van der Waals surface area contributed by atoms with E-state index in [0.717, 1.165) is 12.1 Å². The Morgan fingerprint density at radius 3 is 2.24 bits per heavy atom. The Morgan fingerprint density at radius 1 is 1.14 bits per heavy atom. The number of carbonyl (C=O) groups is 2. The molecule has 8 nitrogen and oxygen atoms in total. The first kappa shape index (κ1) is 22.4. The van der Waals surface area contributed by atoms with E-state index in [-0.39, 0.29) is 21.8 Å². The molecular formula is C17H18F3N3O5S. The Balaban J connectivity index is 2.16. The minimum absolute atomic E-state index is 0.117. The lowest BCUT2D eigenvalue weighted by atomic mass is 10.1. The molecule has 0 bridgehead atoms. The maximum Gasteiger partial charge on any atom is 0.402 e. The summed E-state index contributed by atoms with van der Waals surface area (Å²) in [6, 6.07) is 4.57. The largest absolute Gasteiger partial charge is 0.465 e. The Labute approximate surface area is 164 Å². The lowest BCUT2D eigenvalue weighted by Crippen LogP contribution is -2.33. The van der Waals surface area contributed by atoms with Gasteiger partial charge in [0.05, 0.1) is 17.6 Å². The number of aromatic amines is 1. The maximum atomic E-state index is 12.5. The van der Waals surface area contributed by atoms with Gasteiger partial charge in [0.2, 0.25) is 10.0 Å². The fourth-order valence-corrected chi connectivity index (χ4v) is 3.57. The number of esters is 1. The van der Waals surface area contributed by atoms with Gasteiger partial charge in [0.15, 0.2) is 0 Å². The molecule has 0 aliphatic heterocycles. The molecule has 0 saturated carbocycles. The van der Waals surface area contributed by atoms with Crippen molar-refractivity contribution in [1.82, 2.24) is 9.71 Å². The Morgan fingerprint density at radius 2 is 1.72 bits per heavy atom. The summed E-state index contributed by atoms with van der Waals surface area (Å²) in [6.45, 7) is 1.47. The van der Waals surface area contributed by atoms with Crippen molar-refractivity contribution in [3.05, 3.63) is 46.8 Å². The summed E-state index contributed by atoms with van der Waals surface area (Å²) in [6.07, 6.45) is -4.68. The van der Waals surface area contributed by atoms with E-state index < -0.39 is 34.6 Å².